The molecule has 0 aromatic heterocycles. The Bertz CT molecular complexity index is 85.5. The van der Waals surface area contributed by atoms with Gasteiger partial charge in [-0.05, 0) is 0 Å². The van der Waals surface area contributed by atoms with Crippen molar-refractivity contribution in [1.29, 1.82) is 0 Å². The van der Waals surface area contributed by atoms with Crippen LogP contribution in [0.5, 0.6) is 0 Å². The highest BCUT2D eigenvalue weighted by atomic mass is 15.2. The van der Waals surface area contributed by atoms with Gasteiger partial charge in [0.15, 0.2) is 0 Å². The van der Waals surface area contributed by atoms with Gasteiger partial charge in [0.25, 0.3) is 0 Å². The number of nitrogens with two attached hydrogens (primary N) is 1. The minimum atomic E-state index is 0.691. The van der Waals surface area contributed by atoms with E-state index >= 15 is 0 Å². The molecule has 0 spiro atoms. The van der Waals surface area contributed by atoms with Crippen LogP contribution in [0.15, 0.2) is 11.9 Å². The normalized spacial score (nSPS) is 17.7. The van der Waals surface area contributed by atoms with E-state index in [1.165, 1.54) is 5.70 Å². The molecule has 1 aliphatic rings. The van der Waals surface area contributed by atoms with Crippen LogP contribution >= 0.6 is 0 Å². The van der Waals surface area contributed by atoms with E-state index in [2.05, 4.69) is 0 Å². The van der Waals surface area contributed by atoms with Gasteiger partial charge in [-0.2, -0.15) is 0 Å². The maximum absolute atomic E-state index is 5.21. The summed E-state index contributed by atoms with van der Waals surface area (Å²) in [6, 6.07) is 0. The van der Waals surface area contributed by atoms with Crippen LogP contribution in [0.3, 0.4) is 0 Å². The summed E-state index contributed by atoms with van der Waals surface area (Å²) in [5.74, 6) is 0. The molecule has 2 N–H and O–H groups in total. The number of likely N-dealkylation sites (N-methyl/N-ethyl adjacent to an activating group) is 1. The Morgan fingerprint density at radius 2 is 2.50 bits per heavy atom. The van der Waals surface area contributed by atoms with Crippen molar-refractivity contribution in [3.63, 3.8) is 0 Å². The van der Waals surface area contributed by atoms with Gasteiger partial charge in [0.2, 0.25) is 0 Å². The van der Waals surface area contributed by atoms with E-state index in [4.69, 9.17) is 5.73 Å². The zero-order chi connectivity index (χ0) is 4.57. The second-order valence-electron chi connectivity index (χ2n) is 1.44. The standard InChI is InChI=1S/C4H8N2/c1-6-3-4(6)2-5/h3H,2,5H2,1H3. The molecule has 0 aromatic carbocycles. The minimum Gasteiger partial charge on any atom is -0.350 e. The third-order valence-electron chi connectivity index (χ3n) is 0.937. The average Bonchev–Trinajstić information content (AvgIpc) is 2.19. The van der Waals surface area contributed by atoms with Crippen LogP contribution in [0.25, 0.3) is 0 Å². The fourth-order valence-electron chi connectivity index (χ4n) is 0.391. The molecule has 0 fully saturated rings. The van der Waals surface area contributed by atoms with Crippen molar-refractivity contribution >= 4 is 0 Å². The summed E-state index contributed by atoms with van der Waals surface area (Å²) in [6.07, 6.45) is 2.01. The highest BCUT2D eigenvalue weighted by molar-refractivity contribution is 5.17. The Kier molecular flexibility index (Phi) is 0.601. The first-order valence-corrected chi connectivity index (χ1v) is 1.98. The second-order valence-corrected chi connectivity index (χ2v) is 1.44. The molecular weight excluding hydrogens is 76.1 g/mol. The van der Waals surface area contributed by atoms with Crippen molar-refractivity contribution < 1.29 is 0 Å². The highest BCUT2D eigenvalue weighted by Crippen LogP contribution is 2.13. The average molecular weight is 84.1 g/mol. The molecule has 1 rings (SSSR count). The molecule has 1 aliphatic heterocycles. The van der Waals surface area contributed by atoms with Gasteiger partial charge in [-0.3, -0.25) is 0 Å². The molecule has 0 unspecified atom stereocenters. The van der Waals surface area contributed by atoms with Gasteiger partial charge in [-0.25, -0.2) is 0 Å². The molecular formula is C4H8N2. The lowest BCUT2D eigenvalue weighted by molar-refractivity contribution is 0.704. The summed E-state index contributed by atoms with van der Waals surface area (Å²) in [5, 5.41) is 0. The molecule has 2 heteroatoms. The van der Waals surface area contributed by atoms with Gasteiger partial charge in [-0.15, -0.1) is 0 Å². The van der Waals surface area contributed by atoms with Crippen LogP contribution in [0, 0.1) is 0 Å². The Balaban J connectivity index is 2.23. The number of nitrogens with zero attached hydrogens (tertiary/aromatic N) is 1. The van der Waals surface area contributed by atoms with Crippen molar-refractivity contribution in [2.45, 2.75) is 0 Å². The number of hydrogen-bond donors (Lipinski definition) is 1. The molecule has 2 nitrogen and oxygen atoms in total. The van der Waals surface area contributed by atoms with Crippen LogP contribution in [-0.2, 0) is 0 Å². The molecule has 6 heavy (non-hydrogen) atoms. The lowest BCUT2D eigenvalue weighted by atomic mass is 10.6. The summed E-state index contributed by atoms with van der Waals surface area (Å²) in [6.45, 7) is 0.691. The smallest absolute Gasteiger partial charge is 0.0474 e. The molecule has 0 atom stereocenters. The Morgan fingerprint density at radius 1 is 2.00 bits per heavy atom. The maximum atomic E-state index is 5.21. The van der Waals surface area contributed by atoms with Crippen molar-refractivity contribution in [2.75, 3.05) is 13.6 Å². The fraction of sp³-hybridized carbons (Fsp3) is 0.500. The zero-order valence-electron chi connectivity index (χ0n) is 3.81. The molecule has 0 bridgehead atoms. The van der Waals surface area contributed by atoms with Crippen LogP contribution in [0.1, 0.15) is 0 Å². The van der Waals surface area contributed by atoms with Crippen molar-refractivity contribution in [3.05, 3.63) is 11.9 Å². The van der Waals surface area contributed by atoms with Crippen molar-refractivity contribution in [2.24, 2.45) is 5.73 Å². The van der Waals surface area contributed by atoms with Crippen molar-refractivity contribution in [3.8, 4) is 0 Å². The lowest BCUT2D eigenvalue weighted by Gasteiger charge is -1.87. The zero-order valence-corrected chi connectivity index (χ0v) is 3.81. The fourth-order valence-corrected chi connectivity index (χ4v) is 0.391. The van der Waals surface area contributed by atoms with Gasteiger partial charge < -0.3 is 10.6 Å². The summed E-state index contributed by atoms with van der Waals surface area (Å²) >= 11 is 0. The van der Waals surface area contributed by atoms with E-state index in [1.807, 2.05) is 18.1 Å². The maximum Gasteiger partial charge on any atom is 0.0474 e. The van der Waals surface area contributed by atoms with Crippen LogP contribution in [-0.4, -0.2) is 18.5 Å². The summed E-state index contributed by atoms with van der Waals surface area (Å²) < 4.78 is 0. The summed E-state index contributed by atoms with van der Waals surface area (Å²) in [4.78, 5) is 2.01. The number of rotatable bonds is 1. The lowest BCUT2D eigenvalue weighted by Crippen LogP contribution is -2.01. The quantitative estimate of drug-likeness (QED) is 0.474. The van der Waals surface area contributed by atoms with E-state index in [-0.39, 0.29) is 0 Å². The molecule has 1 heterocycles. The Labute approximate surface area is 37.2 Å². The van der Waals surface area contributed by atoms with Gasteiger partial charge >= 0.3 is 0 Å². The molecule has 0 saturated carbocycles. The van der Waals surface area contributed by atoms with Gasteiger partial charge in [0.05, 0.1) is 0 Å². The Hall–Kier alpha value is -0.500. The Morgan fingerprint density at radius 3 is 2.50 bits per heavy atom. The molecule has 0 radical (unpaired) electrons. The molecule has 0 aromatic rings. The molecule has 0 saturated heterocycles. The summed E-state index contributed by atoms with van der Waals surface area (Å²) in [5.41, 5.74) is 6.46. The first kappa shape index (κ1) is 3.68. The third kappa shape index (κ3) is 0.389. The molecule has 0 aliphatic carbocycles. The van der Waals surface area contributed by atoms with Gasteiger partial charge in [-0.1, -0.05) is 0 Å². The molecule has 0 amide bonds. The van der Waals surface area contributed by atoms with E-state index < -0.39 is 0 Å². The van der Waals surface area contributed by atoms with Gasteiger partial charge in [0.1, 0.15) is 0 Å². The van der Waals surface area contributed by atoms with Crippen LogP contribution in [0.2, 0.25) is 0 Å². The van der Waals surface area contributed by atoms with E-state index in [1.54, 1.807) is 0 Å². The van der Waals surface area contributed by atoms with Crippen molar-refractivity contribution in [1.82, 2.24) is 4.90 Å². The highest BCUT2D eigenvalue weighted by Gasteiger charge is 2.10. The summed E-state index contributed by atoms with van der Waals surface area (Å²) in [7, 11) is 1.99. The first-order chi connectivity index (χ1) is 2.84. The topological polar surface area (TPSA) is 29.0 Å². The van der Waals surface area contributed by atoms with E-state index in [9.17, 15) is 0 Å². The third-order valence-corrected chi connectivity index (χ3v) is 0.937. The molecule has 34 valence electrons. The second kappa shape index (κ2) is 0.980. The predicted molar refractivity (Wildman–Crippen MR) is 24.9 cm³/mol. The van der Waals surface area contributed by atoms with E-state index in [0.717, 1.165) is 0 Å². The SMILES string of the molecule is CN1C=C1CN. The predicted octanol–water partition coefficient (Wildman–Crippen LogP) is -0.268. The number of hydrogen-bond acceptors (Lipinski definition) is 2. The van der Waals surface area contributed by atoms with Crippen LogP contribution in [0.4, 0.5) is 0 Å². The monoisotopic (exact) mass is 84.1 g/mol. The van der Waals surface area contributed by atoms with E-state index in [0.29, 0.717) is 6.54 Å². The minimum absolute atomic E-state index is 0.691. The van der Waals surface area contributed by atoms with Gasteiger partial charge in [0, 0.05) is 25.5 Å². The first-order valence-electron chi connectivity index (χ1n) is 1.98. The van der Waals surface area contributed by atoms with Crippen LogP contribution < -0.4 is 5.73 Å². The largest absolute Gasteiger partial charge is 0.350 e.